The van der Waals surface area contributed by atoms with Crippen molar-refractivity contribution in [3.05, 3.63) is 60.9 Å². The van der Waals surface area contributed by atoms with Gasteiger partial charge in [-0.2, -0.15) is 0 Å². The van der Waals surface area contributed by atoms with Gasteiger partial charge in [-0.25, -0.2) is 0 Å². The molecule has 76 valence electrons. The molecule has 0 atom stereocenters. The quantitative estimate of drug-likeness (QED) is 0.756. The van der Waals surface area contributed by atoms with Gasteiger partial charge in [-0.1, -0.05) is 24.3 Å². The molecule has 0 saturated carbocycles. The molecule has 0 saturated heterocycles. The lowest BCUT2D eigenvalue weighted by Crippen LogP contribution is -1.91. The number of nitrogens with zero attached hydrogens (tertiary/aromatic N) is 1. The van der Waals surface area contributed by atoms with E-state index in [1.165, 1.54) is 0 Å². The van der Waals surface area contributed by atoms with E-state index in [1.54, 1.807) is 12.4 Å². The van der Waals surface area contributed by atoms with Crippen molar-refractivity contribution in [2.24, 2.45) is 0 Å². The van der Waals surface area contributed by atoms with E-state index in [1.807, 2.05) is 48.5 Å². The number of aromatic nitrogens is 1. The number of hydrogen-bond donors (Lipinski definition) is 1. The summed E-state index contributed by atoms with van der Waals surface area (Å²) in [4.78, 5) is 13.6. The van der Waals surface area contributed by atoms with Gasteiger partial charge in [-0.3, -0.25) is 9.78 Å². The average Bonchev–Trinajstić information content (AvgIpc) is 2.34. The maximum Gasteiger partial charge on any atom is 0.211 e. The molecule has 0 unspecified atom stereocenters. The van der Waals surface area contributed by atoms with Crippen LogP contribution in [-0.4, -0.2) is 11.4 Å². The summed E-state index contributed by atoms with van der Waals surface area (Å²) >= 11 is 0. The highest BCUT2D eigenvalue weighted by Crippen LogP contribution is 2.01. The van der Waals surface area contributed by atoms with E-state index in [0.29, 0.717) is 6.41 Å². The van der Waals surface area contributed by atoms with Gasteiger partial charge >= 0.3 is 0 Å². The molecule has 2 aromatic rings. The zero-order chi connectivity index (χ0) is 10.8. The third-order valence-electron chi connectivity index (χ3n) is 1.57. The van der Waals surface area contributed by atoms with Crippen LogP contribution in [-0.2, 0) is 4.79 Å². The van der Waals surface area contributed by atoms with Crippen LogP contribution in [0.4, 0.5) is 5.69 Å². The normalized spacial score (nSPS) is 8.27. The summed E-state index contributed by atoms with van der Waals surface area (Å²) in [6.45, 7) is 0. The number of anilines is 1. The minimum absolute atomic E-state index is 0.662. The molecule has 1 N–H and O–H groups in total. The predicted molar refractivity (Wildman–Crippen MR) is 60.4 cm³/mol. The fraction of sp³-hybridized carbons (Fsp3) is 0. The number of nitrogens with one attached hydrogen (secondary N) is 1. The Kier molecular flexibility index (Phi) is 5.29. The molecule has 1 amide bonds. The summed E-state index contributed by atoms with van der Waals surface area (Å²) in [5.74, 6) is 0. The van der Waals surface area contributed by atoms with E-state index in [9.17, 15) is 4.79 Å². The maximum absolute atomic E-state index is 9.86. The molecule has 0 aliphatic carbocycles. The number of benzene rings is 1. The molecule has 3 nitrogen and oxygen atoms in total. The fourth-order valence-electron chi connectivity index (χ4n) is 0.915. The Morgan fingerprint density at radius 3 is 1.93 bits per heavy atom. The summed E-state index contributed by atoms with van der Waals surface area (Å²) in [5.41, 5.74) is 0.826. The number of pyridine rings is 1. The highest BCUT2D eigenvalue weighted by Gasteiger charge is 1.81. The molecule has 1 aromatic carbocycles. The Bertz CT molecular complexity index is 335. The molecule has 2 rings (SSSR count). The van der Waals surface area contributed by atoms with Crippen LogP contribution in [0, 0.1) is 0 Å². The molecule has 0 bridgehead atoms. The van der Waals surface area contributed by atoms with E-state index in [-0.39, 0.29) is 0 Å². The first-order chi connectivity index (χ1) is 7.43. The van der Waals surface area contributed by atoms with Crippen molar-refractivity contribution in [3.63, 3.8) is 0 Å². The Hall–Kier alpha value is -2.16. The zero-order valence-electron chi connectivity index (χ0n) is 8.21. The van der Waals surface area contributed by atoms with Crippen LogP contribution in [0.5, 0.6) is 0 Å². The Balaban J connectivity index is 0.000000162. The topological polar surface area (TPSA) is 42.0 Å². The molecule has 0 aliphatic rings. The molecular formula is C12H12N2O. The molecule has 3 heteroatoms. The second-order valence-corrected chi connectivity index (χ2v) is 2.65. The van der Waals surface area contributed by atoms with Gasteiger partial charge in [0.2, 0.25) is 6.41 Å². The van der Waals surface area contributed by atoms with Gasteiger partial charge in [0.05, 0.1) is 0 Å². The van der Waals surface area contributed by atoms with Crippen molar-refractivity contribution in [2.45, 2.75) is 0 Å². The van der Waals surface area contributed by atoms with Crippen LogP contribution >= 0.6 is 0 Å². The number of hydrogen-bond acceptors (Lipinski definition) is 2. The minimum Gasteiger partial charge on any atom is -0.329 e. The van der Waals surface area contributed by atoms with Crippen molar-refractivity contribution < 1.29 is 4.79 Å². The van der Waals surface area contributed by atoms with Crippen LogP contribution in [0.25, 0.3) is 0 Å². The third-order valence-corrected chi connectivity index (χ3v) is 1.57. The van der Waals surface area contributed by atoms with Gasteiger partial charge in [-0.15, -0.1) is 0 Å². The Morgan fingerprint density at radius 2 is 1.53 bits per heavy atom. The molecular weight excluding hydrogens is 188 g/mol. The van der Waals surface area contributed by atoms with Crippen molar-refractivity contribution >= 4 is 12.1 Å². The zero-order valence-corrected chi connectivity index (χ0v) is 8.21. The number of carbonyl (C=O) groups excluding carboxylic acids is 1. The van der Waals surface area contributed by atoms with Crippen LogP contribution in [0.2, 0.25) is 0 Å². The number of rotatable bonds is 2. The lowest BCUT2D eigenvalue weighted by Gasteiger charge is -1.93. The van der Waals surface area contributed by atoms with E-state index in [4.69, 9.17) is 0 Å². The molecule has 15 heavy (non-hydrogen) atoms. The molecule has 0 fully saturated rings. The largest absolute Gasteiger partial charge is 0.329 e. The number of carbonyl (C=O) groups is 1. The van der Waals surface area contributed by atoms with Crippen molar-refractivity contribution in [2.75, 3.05) is 5.32 Å². The van der Waals surface area contributed by atoms with E-state index in [0.717, 1.165) is 5.69 Å². The maximum atomic E-state index is 9.86. The second-order valence-electron chi connectivity index (χ2n) is 2.65. The van der Waals surface area contributed by atoms with Crippen molar-refractivity contribution in [3.8, 4) is 0 Å². The highest BCUT2D eigenvalue weighted by atomic mass is 16.1. The van der Waals surface area contributed by atoms with E-state index >= 15 is 0 Å². The second kappa shape index (κ2) is 7.26. The van der Waals surface area contributed by atoms with Crippen LogP contribution in [0.1, 0.15) is 0 Å². The highest BCUT2D eigenvalue weighted by molar-refractivity contribution is 5.70. The van der Waals surface area contributed by atoms with Crippen LogP contribution in [0.3, 0.4) is 0 Å². The van der Waals surface area contributed by atoms with Crippen LogP contribution < -0.4 is 5.32 Å². The number of para-hydroxylation sites is 1. The Morgan fingerprint density at radius 1 is 0.933 bits per heavy atom. The summed E-state index contributed by atoms with van der Waals surface area (Å²) < 4.78 is 0. The molecule has 0 aliphatic heterocycles. The van der Waals surface area contributed by atoms with Crippen molar-refractivity contribution in [1.29, 1.82) is 0 Å². The lowest BCUT2D eigenvalue weighted by molar-refractivity contribution is -0.105. The SMILES string of the molecule is O=CNc1ccccc1.c1ccncc1. The monoisotopic (exact) mass is 200 g/mol. The Labute approximate surface area is 88.8 Å². The average molecular weight is 200 g/mol. The summed E-state index contributed by atoms with van der Waals surface area (Å²) in [5, 5.41) is 2.53. The summed E-state index contributed by atoms with van der Waals surface area (Å²) in [6.07, 6.45) is 4.16. The van der Waals surface area contributed by atoms with Gasteiger partial charge in [-0.05, 0) is 24.3 Å². The summed E-state index contributed by atoms with van der Waals surface area (Å²) in [7, 11) is 0. The van der Waals surface area contributed by atoms with Gasteiger partial charge < -0.3 is 5.32 Å². The third kappa shape index (κ3) is 5.21. The first-order valence-electron chi connectivity index (χ1n) is 4.53. The van der Waals surface area contributed by atoms with Gasteiger partial charge in [0.15, 0.2) is 0 Å². The molecule has 0 spiro atoms. The molecule has 1 aromatic heterocycles. The first-order valence-corrected chi connectivity index (χ1v) is 4.53. The summed E-state index contributed by atoms with van der Waals surface area (Å²) in [6, 6.07) is 15.0. The van der Waals surface area contributed by atoms with E-state index in [2.05, 4.69) is 10.3 Å². The molecule has 0 radical (unpaired) electrons. The van der Waals surface area contributed by atoms with E-state index < -0.39 is 0 Å². The van der Waals surface area contributed by atoms with Gasteiger partial charge in [0.1, 0.15) is 0 Å². The fourth-order valence-corrected chi connectivity index (χ4v) is 0.915. The van der Waals surface area contributed by atoms with Gasteiger partial charge in [0, 0.05) is 18.1 Å². The predicted octanol–water partition coefficient (Wildman–Crippen LogP) is 2.34. The van der Waals surface area contributed by atoms with Crippen LogP contribution in [0.15, 0.2) is 60.9 Å². The van der Waals surface area contributed by atoms with Crippen molar-refractivity contribution in [1.82, 2.24) is 4.98 Å². The number of amides is 1. The molecule has 1 heterocycles. The minimum atomic E-state index is 0.662. The van der Waals surface area contributed by atoms with Gasteiger partial charge in [0.25, 0.3) is 0 Å². The smallest absolute Gasteiger partial charge is 0.211 e. The first kappa shape index (κ1) is 10.9. The lowest BCUT2D eigenvalue weighted by atomic mass is 10.3. The standard InChI is InChI=1S/C7H7NO.C5H5N/c9-6-8-7-4-2-1-3-5-7;1-2-4-6-5-3-1/h1-6H,(H,8,9);1-5H.